The molecule has 1 aromatic rings. The Labute approximate surface area is 122 Å². The number of hydrogen-bond donors (Lipinski definition) is 2. The number of hydrogen-bond acceptors (Lipinski definition) is 5. The lowest BCUT2D eigenvalue weighted by Crippen LogP contribution is -2.47. The second kappa shape index (κ2) is 5.50. The van der Waals surface area contributed by atoms with Crippen molar-refractivity contribution in [3.63, 3.8) is 0 Å². The van der Waals surface area contributed by atoms with E-state index in [1.807, 2.05) is 0 Å². The Kier molecular flexibility index (Phi) is 3.69. The monoisotopic (exact) mass is 290 g/mol. The van der Waals surface area contributed by atoms with Gasteiger partial charge in [-0.15, -0.1) is 0 Å². The molecule has 1 heterocycles. The normalized spacial score (nSPS) is 32.1. The average Bonchev–Trinajstić information content (AvgIpc) is 2.48. The first-order valence-corrected chi connectivity index (χ1v) is 7.00. The highest BCUT2D eigenvalue weighted by Gasteiger charge is 2.44. The molecule has 1 fully saturated rings. The van der Waals surface area contributed by atoms with Gasteiger partial charge < -0.3 is 19.7 Å². The molecule has 2 aliphatic rings. The number of aliphatic hydroxyl groups excluding tert-OH is 1. The highest BCUT2D eigenvalue weighted by Crippen LogP contribution is 2.37. The summed E-state index contributed by atoms with van der Waals surface area (Å²) in [7, 11) is 1.54. The molecule has 0 amide bonds. The van der Waals surface area contributed by atoms with E-state index in [1.54, 1.807) is 19.2 Å². The number of phenolic OH excluding ortho intramolecular Hbond substituents is 1. The molecule has 1 saturated carbocycles. The number of Topliss-reactive ketones (excluding diaryl/α,β-unsaturated/α-hetero) is 1. The number of aromatic hydroxyl groups is 1. The van der Waals surface area contributed by atoms with Crippen LogP contribution < -0.4 is 0 Å². The summed E-state index contributed by atoms with van der Waals surface area (Å²) in [5.74, 6) is -0.139. The summed E-state index contributed by atoms with van der Waals surface area (Å²) in [4.78, 5) is 12.7. The fourth-order valence-electron chi connectivity index (χ4n) is 3.06. The van der Waals surface area contributed by atoms with Gasteiger partial charge in [0, 0.05) is 13.5 Å². The van der Waals surface area contributed by atoms with Crippen LogP contribution in [0.3, 0.4) is 0 Å². The third kappa shape index (κ3) is 2.54. The Hall–Kier alpha value is -1.85. The Morgan fingerprint density at radius 2 is 1.95 bits per heavy atom. The van der Waals surface area contributed by atoms with Crippen molar-refractivity contribution in [1.82, 2.24) is 0 Å². The Morgan fingerprint density at radius 3 is 2.62 bits per heavy atom. The number of aliphatic hydroxyl groups is 1. The number of methoxy groups -OCH3 is 1. The van der Waals surface area contributed by atoms with Crippen LogP contribution in [0.2, 0.25) is 0 Å². The number of allylic oxidation sites excluding steroid dienone is 1. The summed E-state index contributed by atoms with van der Waals surface area (Å²) in [5.41, 5.74) is 1.22. The lowest BCUT2D eigenvalue weighted by Gasteiger charge is -2.39. The van der Waals surface area contributed by atoms with Crippen molar-refractivity contribution in [3.05, 3.63) is 36.1 Å². The van der Waals surface area contributed by atoms with E-state index in [1.165, 1.54) is 18.4 Å². The van der Waals surface area contributed by atoms with E-state index < -0.39 is 6.10 Å². The van der Waals surface area contributed by atoms with Gasteiger partial charge in [0.15, 0.2) is 5.78 Å². The third-order valence-corrected chi connectivity index (χ3v) is 4.28. The van der Waals surface area contributed by atoms with Gasteiger partial charge in [-0.25, -0.2) is 0 Å². The molecule has 0 aromatic heterocycles. The fraction of sp³-hybridized carbons (Fsp3) is 0.438. The van der Waals surface area contributed by atoms with E-state index in [2.05, 4.69) is 0 Å². The lowest BCUT2D eigenvalue weighted by molar-refractivity contribution is -0.136. The molecule has 4 atom stereocenters. The minimum Gasteiger partial charge on any atom is -0.508 e. The van der Waals surface area contributed by atoms with Crippen LogP contribution in [0.1, 0.15) is 18.4 Å². The van der Waals surface area contributed by atoms with Crippen LogP contribution in [0.25, 0.3) is 5.57 Å². The zero-order valence-electron chi connectivity index (χ0n) is 11.7. The van der Waals surface area contributed by atoms with Gasteiger partial charge in [0.05, 0.1) is 30.0 Å². The largest absolute Gasteiger partial charge is 0.508 e. The van der Waals surface area contributed by atoms with Crippen molar-refractivity contribution in [2.45, 2.75) is 31.2 Å². The van der Waals surface area contributed by atoms with Gasteiger partial charge in [0.2, 0.25) is 0 Å². The average molecular weight is 290 g/mol. The fourth-order valence-corrected chi connectivity index (χ4v) is 3.06. The number of carbonyl (C=O) groups is 1. The number of phenols is 1. The number of fused-ring (bicyclic) bond motifs is 1. The highest BCUT2D eigenvalue weighted by molar-refractivity contribution is 6.22. The molecule has 0 saturated heterocycles. The van der Waals surface area contributed by atoms with Crippen LogP contribution >= 0.6 is 0 Å². The Bertz CT molecular complexity index is 563. The van der Waals surface area contributed by atoms with Gasteiger partial charge >= 0.3 is 0 Å². The zero-order chi connectivity index (χ0) is 15.0. The summed E-state index contributed by atoms with van der Waals surface area (Å²) in [6.45, 7) is 0. The molecule has 1 aliphatic heterocycles. The molecule has 4 unspecified atom stereocenters. The molecule has 2 N–H and O–H groups in total. The smallest absolute Gasteiger partial charge is 0.173 e. The van der Waals surface area contributed by atoms with Gasteiger partial charge in [0.25, 0.3) is 0 Å². The summed E-state index contributed by atoms with van der Waals surface area (Å²) < 4.78 is 10.9. The molecular formula is C16H18O5. The first kappa shape index (κ1) is 14.1. The predicted molar refractivity (Wildman–Crippen MR) is 75.5 cm³/mol. The first-order chi connectivity index (χ1) is 10.1. The molecule has 1 aliphatic carbocycles. The molecule has 0 bridgehead atoms. The SMILES string of the molecule is COC1CC2C(=O)C(c3ccc(O)cc3)=COC2CC1O. The van der Waals surface area contributed by atoms with E-state index in [0.29, 0.717) is 18.4 Å². The number of rotatable bonds is 2. The van der Waals surface area contributed by atoms with Crippen LogP contribution in [-0.4, -0.2) is 41.4 Å². The molecule has 112 valence electrons. The van der Waals surface area contributed by atoms with Crippen molar-refractivity contribution in [3.8, 4) is 5.75 Å². The minimum absolute atomic E-state index is 0.00545. The van der Waals surface area contributed by atoms with Gasteiger partial charge in [-0.05, 0) is 24.1 Å². The summed E-state index contributed by atoms with van der Waals surface area (Å²) >= 11 is 0. The maximum Gasteiger partial charge on any atom is 0.173 e. The van der Waals surface area contributed by atoms with Crippen LogP contribution in [-0.2, 0) is 14.3 Å². The van der Waals surface area contributed by atoms with Crippen molar-refractivity contribution in [2.75, 3.05) is 7.11 Å². The highest BCUT2D eigenvalue weighted by atomic mass is 16.5. The lowest BCUT2D eigenvalue weighted by atomic mass is 9.76. The second-order valence-electron chi connectivity index (χ2n) is 5.54. The maximum atomic E-state index is 12.7. The van der Waals surface area contributed by atoms with E-state index in [9.17, 15) is 15.0 Å². The molecule has 1 aromatic carbocycles. The second-order valence-corrected chi connectivity index (χ2v) is 5.54. The summed E-state index contributed by atoms with van der Waals surface area (Å²) in [6.07, 6.45) is 1.09. The molecule has 0 radical (unpaired) electrons. The van der Waals surface area contributed by atoms with Crippen LogP contribution in [0.4, 0.5) is 0 Å². The van der Waals surface area contributed by atoms with E-state index in [-0.39, 0.29) is 29.7 Å². The Balaban J connectivity index is 1.86. The van der Waals surface area contributed by atoms with Crippen molar-refractivity contribution in [2.24, 2.45) is 5.92 Å². The van der Waals surface area contributed by atoms with Crippen LogP contribution in [0.5, 0.6) is 5.75 Å². The maximum absolute atomic E-state index is 12.7. The molecule has 5 heteroatoms. The summed E-state index contributed by atoms with van der Waals surface area (Å²) in [6, 6.07) is 6.46. The van der Waals surface area contributed by atoms with Crippen molar-refractivity contribution >= 4 is 11.4 Å². The van der Waals surface area contributed by atoms with Gasteiger partial charge in [0.1, 0.15) is 11.9 Å². The molecular weight excluding hydrogens is 272 g/mol. The van der Waals surface area contributed by atoms with E-state index in [4.69, 9.17) is 9.47 Å². The number of ketones is 1. The molecule has 21 heavy (non-hydrogen) atoms. The Morgan fingerprint density at radius 1 is 1.24 bits per heavy atom. The predicted octanol–water partition coefficient (Wildman–Crippen LogP) is 1.49. The third-order valence-electron chi connectivity index (χ3n) is 4.28. The van der Waals surface area contributed by atoms with Gasteiger partial charge in [-0.3, -0.25) is 4.79 Å². The molecule has 0 spiro atoms. The molecule has 5 nitrogen and oxygen atoms in total. The number of benzene rings is 1. The van der Waals surface area contributed by atoms with E-state index in [0.717, 1.165) is 5.56 Å². The quantitative estimate of drug-likeness (QED) is 0.863. The van der Waals surface area contributed by atoms with Gasteiger partial charge in [-0.2, -0.15) is 0 Å². The topological polar surface area (TPSA) is 76.0 Å². The van der Waals surface area contributed by atoms with E-state index >= 15 is 0 Å². The standard InChI is InChI=1S/C16H18O5/c1-20-15-6-11-14(7-13(15)18)21-8-12(16(11)19)9-2-4-10(17)5-3-9/h2-5,8,11,13-15,17-18H,6-7H2,1H3. The van der Waals surface area contributed by atoms with Crippen molar-refractivity contribution in [1.29, 1.82) is 0 Å². The number of ether oxygens (including phenoxy) is 2. The van der Waals surface area contributed by atoms with Gasteiger partial charge in [-0.1, -0.05) is 12.1 Å². The minimum atomic E-state index is -0.604. The molecule has 3 rings (SSSR count). The summed E-state index contributed by atoms with van der Waals surface area (Å²) in [5, 5.41) is 19.3. The van der Waals surface area contributed by atoms with Crippen LogP contribution in [0.15, 0.2) is 30.5 Å². The van der Waals surface area contributed by atoms with Crippen LogP contribution in [0, 0.1) is 5.92 Å². The zero-order valence-corrected chi connectivity index (χ0v) is 11.7. The first-order valence-electron chi connectivity index (χ1n) is 7.00. The number of carbonyl (C=O) groups excluding carboxylic acids is 1. The van der Waals surface area contributed by atoms with Crippen molar-refractivity contribution < 1.29 is 24.5 Å².